The molecule has 0 fully saturated rings. The van der Waals surface area contributed by atoms with Gasteiger partial charge in [0.15, 0.2) is 0 Å². The lowest BCUT2D eigenvalue weighted by Gasteiger charge is -2.03. The minimum atomic E-state index is -0.259. The lowest BCUT2D eigenvalue weighted by Crippen LogP contribution is -2.25. The fourth-order valence-corrected chi connectivity index (χ4v) is 2.93. The van der Waals surface area contributed by atoms with Gasteiger partial charge in [0.25, 0.3) is 5.91 Å². The zero-order valence-electron chi connectivity index (χ0n) is 11.1. The van der Waals surface area contributed by atoms with Crippen molar-refractivity contribution in [2.24, 2.45) is 4.99 Å². The molecule has 0 radical (unpaired) electrons. The molecule has 0 aliphatic carbocycles. The normalized spacial score (nSPS) is 15.9. The zero-order valence-corrected chi connectivity index (χ0v) is 14.8. The summed E-state index contributed by atoms with van der Waals surface area (Å²) in [6.07, 6.45) is 1.69. The molecule has 1 amide bonds. The summed E-state index contributed by atoms with van der Waals surface area (Å²) in [5.41, 5.74) is 1.85. The Balaban J connectivity index is 2.00. The van der Waals surface area contributed by atoms with E-state index >= 15 is 0 Å². The van der Waals surface area contributed by atoms with Crippen LogP contribution in [0, 0.1) is 3.57 Å². The molecule has 22 heavy (non-hydrogen) atoms. The van der Waals surface area contributed by atoms with Crippen molar-refractivity contribution in [3.05, 3.63) is 72.9 Å². The minimum Gasteiger partial charge on any atom is -0.305 e. The summed E-state index contributed by atoms with van der Waals surface area (Å²) in [5, 5.41) is 3.90. The molecule has 3 rings (SSSR count). The number of nitrogens with one attached hydrogen (secondary N) is 1. The number of amidine groups is 1. The number of hydrogen-bond donors (Lipinski definition) is 1. The molecular weight excluding hydrogens is 434 g/mol. The molecule has 2 aromatic carbocycles. The molecule has 0 atom stereocenters. The smallest absolute Gasteiger partial charge is 0.275 e. The SMILES string of the molecule is O=C1NC(c2cc(I)ccc2Cl)=N/C1=C/c1cccc(Cl)c1. The highest BCUT2D eigenvalue weighted by atomic mass is 127. The van der Waals surface area contributed by atoms with Crippen LogP contribution in [0.1, 0.15) is 11.1 Å². The molecule has 1 aliphatic rings. The van der Waals surface area contributed by atoms with Gasteiger partial charge in [-0.1, -0.05) is 35.3 Å². The molecule has 6 heteroatoms. The van der Waals surface area contributed by atoms with E-state index in [-0.39, 0.29) is 5.91 Å². The number of carbonyl (C=O) groups excluding carboxylic acids is 1. The highest BCUT2D eigenvalue weighted by molar-refractivity contribution is 14.1. The molecule has 1 N–H and O–H groups in total. The second kappa shape index (κ2) is 6.40. The van der Waals surface area contributed by atoms with Crippen LogP contribution in [0.25, 0.3) is 6.08 Å². The number of rotatable bonds is 2. The molecule has 0 aromatic heterocycles. The average Bonchev–Trinajstić information content (AvgIpc) is 2.83. The van der Waals surface area contributed by atoms with Gasteiger partial charge in [0.2, 0.25) is 0 Å². The molecular formula is C16H9Cl2IN2O. The number of aliphatic imine (C=N–C) groups is 1. The summed E-state index contributed by atoms with van der Waals surface area (Å²) >= 11 is 14.3. The van der Waals surface area contributed by atoms with Crippen LogP contribution in [0.4, 0.5) is 0 Å². The molecule has 110 valence electrons. The summed E-state index contributed by atoms with van der Waals surface area (Å²) in [4.78, 5) is 16.4. The summed E-state index contributed by atoms with van der Waals surface area (Å²) in [6, 6.07) is 12.8. The standard InChI is InChI=1S/C16H9Cl2IN2O/c17-10-3-1-2-9(6-10)7-14-16(22)21-15(20-14)12-8-11(19)4-5-13(12)18/h1-8H,(H,20,21,22)/b14-7+. The van der Waals surface area contributed by atoms with Gasteiger partial charge in [-0.05, 0) is 64.6 Å². The third kappa shape index (κ3) is 3.34. The lowest BCUT2D eigenvalue weighted by molar-refractivity contribution is -0.115. The first-order valence-corrected chi connectivity index (χ1v) is 8.19. The van der Waals surface area contributed by atoms with Crippen LogP contribution in [-0.4, -0.2) is 11.7 Å². The molecule has 1 aliphatic heterocycles. The Kier molecular flexibility index (Phi) is 4.52. The van der Waals surface area contributed by atoms with Crippen LogP contribution in [0.15, 0.2) is 53.2 Å². The first-order chi connectivity index (χ1) is 10.5. The van der Waals surface area contributed by atoms with Crippen molar-refractivity contribution in [2.75, 3.05) is 0 Å². The molecule has 0 saturated carbocycles. The third-order valence-electron chi connectivity index (χ3n) is 3.03. The Morgan fingerprint density at radius 1 is 1.14 bits per heavy atom. The maximum absolute atomic E-state index is 12.1. The van der Waals surface area contributed by atoms with Gasteiger partial charge in [-0.3, -0.25) is 4.79 Å². The summed E-state index contributed by atoms with van der Waals surface area (Å²) < 4.78 is 1.02. The molecule has 0 unspecified atom stereocenters. The summed E-state index contributed by atoms with van der Waals surface area (Å²) in [6.45, 7) is 0. The van der Waals surface area contributed by atoms with E-state index in [0.717, 1.165) is 9.13 Å². The van der Waals surface area contributed by atoms with Crippen molar-refractivity contribution in [2.45, 2.75) is 0 Å². The van der Waals surface area contributed by atoms with Gasteiger partial charge >= 0.3 is 0 Å². The Morgan fingerprint density at radius 2 is 1.95 bits per heavy atom. The van der Waals surface area contributed by atoms with Crippen LogP contribution in [0.3, 0.4) is 0 Å². The van der Waals surface area contributed by atoms with Crippen molar-refractivity contribution in [3.63, 3.8) is 0 Å². The molecule has 1 heterocycles. The molecule has 0 saturated heterocycles. The van der Waals surface area contributed by atoms with E-state index in [2.05, 4.69) is 32.9 Å². The maximum atomic E-state index is 12.1. The number of benzene rings is 2. The number of hydrogen-bond acceptors (Lipinski definition) is 2. The van der Waals surface area contributed by atoms with Gasteiger partial charge in [0.05, 0.1) is 5.02 Å². The predicted octanol–water partition coefficient (Wildman–Crippen LogP) is 4.52. The number of carbonyl (C=O) groups is 1. The largest absolute Gasteiger partial charge is 0.305 e. The first kappa shape index (κ1) is 15.5. The van der Waals surface area contributed by atoms with E-state index in [9.17, 15) is 4.79 Å². The van der Waals surface area contributed by atoms with Crippen molar-refractivity contribution in [1.29, 1.82) is 0 Å². The molecule has 0 spiro atoms. The topological polar surface area (TPSA) is 41.5 Å². The van der Waals surface area contributed by atoms with Crippen molar-refractivity contribution in [3.8, 4) is 0 Å². The van der Waals surface area contributed by atoms with E-state index < -0.39 is 0 Å². The number of nitrogens with zero attached hydrogens (tertiary/aromatic N) is 1. The van der Waals surface area contributed by atoms with Crippen LogP contribution in [0.5, 0.6) is 0 Å². The van der Waals surface area contributed by atoms with Gasteiger partial charge in [0.1, 0.15) is 11.5 Å². The molecule has 2 aromatic rings. The fourth-order valence-electron chi connectivity index (χ4n) is 2.03. The van der Waals surface area contributed by atoms with E-state index in [4.69, 9.17) is 23.2 Å². The van der Waals surface area contributed by atoms with Crippen LogP contribution in [0.2, 0.25) is 10.0 Å². The quantitative estimate of drug-likeness (QED) is 0.539. The summed E-state index contributed by atoms with van der Waals surface area (Å²) in [7, 11) is 0. The van der Waals surface area contributed by atoms with E-state index in [1.165, 1.54) is 0 Å². The van der Waals surface area contributed by atoms with E-state index in [0.29, 0.717) is 27.1 Å². The Labute approximate surface area is 151 Å². The van der Waals surface area contributed by atoms with Gasteiger partial charge in [0, 0.05) is 14.2 Å². The minimum absolute atomic E-state index is 0.259. The van der Waals surface area contributed by atoms with Gasteiger partial charge in [-0.25, -0.2) is 4.99 Å². The molecule has 0 bridgehead atoms. The average molecular weight is 443 g/mol. The lowest BCUT2D eigenvalue weighted by atomic mass is 10.2. The van der Waals surface area contributed by atoms with Crippen molar-refractivity contribution in [1.82, 2.24) is 5.32 Å². The Hall–Kier alpha value is -1.37. The van der Waals surface area contributed by atoms with Gasteiger partial charge in [-0.15, -0.1) is 0 Å². The second-order valence-corrected chi connectivity index (χ2v) is 6.71. The van der Waals surface area contributed by atoms with E-state index in [1.807, 2.05) is 24.3 Å². The highest BCUT2D eigenvalue weighted by Gasteiger charge is 2.22. The van der Waals surface area contributed by atoms with Gasteiger partial charge in [-0.2, -0.15) is 0 Å². The summed E-state index contributed by atoms with van der Waals surface area (Å²) in [5.74, 6) is 0.201. The predicted molar refractivity (Wildman–Crippen MR) is 98.3 cm³/mol. The van der Waals surface area contributed by atoms with Crippen LogP contribution in [-0.2, 0) is 4.79 Å². The monoisotopic (exact) mass is 442 g/mol. The van der Waals surface area contributed by atoms with Gasteiger partial charge < -0.3 is 5.32 Å². The zero-order chi connectivity index (χ0) is 15.7. The number of halogens is 3. The fraction of sp³-hybridized carbons (Fsp3) is 0. The molecule has 3 nitrogen and oxygen atoms in total. The third-order valence-corrected chi connectivity index (χ3v) is 4.27. The van der Waals surface area contributed by atoms with Crippen molar-refractivity contribution >= 4 is 63.6 Å². The number of amides is 1. The first-order valence-electron chi connectivity index (χ1n) is 6.36. The Morgan fingerprint density at radius 3 is 2.73 bits per heavy atom. The van der Waals surface area contributed by atoms with Crippen molar-refractivity contribution < 1.29 is 4.79 Å². The Bertz CT molecular complexity index is 831. The van der Waals surface area contributed by atoms with Crippen LogP contribution >= 0.6 is 45.8 Å². The second-order valence-electron chi connectivity index (χ2n) is 4.62. The maximum Gasteiger partial charge on any atom is 0.275 e. The highest BCUT2D eigenvalue weighted by Crippen LogP contribution is 2.23. The van der Waals surface area contributed by atoms with Crippen LogP contribution < -0.4 is 5.32 Å². The van der Waals surface area contributed by atoms with E-state index in [1.54, 1.807) is 24.3 Å².